The van der Waals surface area contributed by atoms with E-state index < -0.39 is 131 Å². The SMILES string of the molecule is C[C@@H](O)[C@@H]1NC(=O)[C@H](CCCCNC(=O)OC(C)(C)C)NC(=O)[C@@H](CC2=CCc3ccccc32)NC(=O)[C@H](Cc2ccccc2)CC(=O)[C@@H](NC(=O)[C@@H](Cc2ccccc2)NCCN2CCN(CCCSC(c3ccccc3)(c3ccccc3)c3ccccc3)CC2)CSSC[C@@H](C(=O)N[C@H](CO)[C@@H](C)O)NC1=O. The molecule has 11 N–H and O–H groups in total. The Hall–Kier alpha value is -8.37. The van der Waals surface area contributed by atoms with Crippen molar-refractivity contribution in [3.05, 3.63) is 221 Å². The van der Waals surface area contributed by atoms with Crippen molar-refractivity contribution in [2.45, 2.75) is 157 Å². The van der Waals surface area contributed by atoms with Crippen molar-refractivity contribution in [1.82, 2.24) is 52.3 Å². The van der Waals surface area contributed by atoms with Crippen molar-refractivity contribution in [3.63, 3.8) is 0 Å². The zero-order valence-corrected chi connectivity index (χ0v) is 65.5. The maximum Gasteiger partial charge on any atom is 0.407 e. The molecule has 1 aliphatic carbocycles. The average Bonchev–Trinajstić information content (AvgIpc) is 1.20. The lowest BCUT2D eigenvalue weighted by molar-refractivity contribution is -0.136. The third-order valence-corrected chi connectivity index (χ3v) is 23.8. The average molecular weight is 1550 g/mol. The normalized spacial score (nSPS) is 20.8. The van der Waals surface area contributed by atoms with Gasteiger partial charge < -0.3 is 67.5 Å². The van der Waals surface area contributed by atoms with Gasteiger partial charge in [0.25, 0.3) is 0 Å². The van der Waals surface area contributed by atoms with E-state index in [1.807, 2.05) is 103 Å². The van der Waals surface area contributed by atoms with E-state index >= 15 is 19.2 Å². The van der Waals surface area contributed by atoms with Gasteiger partial charge in [-0.1, -0.05) is 204 Å². The predicted octanol–water partition coefficient (Wildman–Crippen LogP) is 7.52. The van der Waals surface area contributed by atoms with E-state index in [9.17, 15) is 34.5 Å². The van der Waals surface area contributed by atoms with E-state index in [-0.39, 0.29) is 50.2 Å². The van der Waals surface area contributed by atoms with E-state index in [0.717, 1.165) is 94.3 Å². The molecular formula is C84H108N10O12S3. The first-order chi connectivity index (χ1) is 52.6. The minimum Gasteiger partial charge on any atom is -0.444 e. The fourth-order valence-electron chi connectivity index (χ4n) is 13.8. The number of allylic oxidation sites excluding steroid dienone is 1. The molecular weight excluding hydrogens is 1440 g/mol. The first-order valence-corrected chi connectivity index (χ1v) is 41.4. The van der Waals surface area contributed by atoms with Crippen LogP contribution >= 0.6 is 33.3 Å². The monoisotopic (exact) mass is 1540 g/mol. The Labute approximate surface area is 653 Å². The van der Waals surface area contributed by atoms with E-state index in [0.29, 0.717) is 25.9 Å². The summed E-state index contributed by atoms with van der Waals surface area (Å²) in [6.45, 7) is 12.8. The van der Waals surface area contributed by atoms with Gasteiger partial charge >= 0.3 is 6.09 Å². The molecule has 10 atom stereocenters. The van der Waals surface area contributed by atoms with Gasteiger partial charge in [0.2, 0.25) is 35.4 Å². The molecule has 6 aromatic rings. The zero-order valence-electron chi connectivity index (χ0n) is 63.1. The maximum absolute atomic E-state index is 15.5. The van der Waals surface area contributed by atoms with Crippen LogP contribution in [-0.2, 0) is 62.3 Å². The lowest BCUT2D eigenvalue weighted by atomic mass is 9.84. The fourth-order valence-corrected chi connectivity index (χ4v) is 17.6. The van der Waals surface area contributed by atoms with Crippen LogP contribution in [0.4, 0.5) is 4.79 Å². The largest absolute Gasteiger partial charge is 0.444 e. The molecule has 0 aromatic heterocycles. The summed E-state index contributed by atoms with van der Waals surface area (Å²) < 4.78 is 5.01. The van der Waals surface area contributed by atoms with Crippen molar-refractivity contribution >= 4 is 86.2 Å². The van der Waals surface area contributed by atoms with Gasteiger partial charge in [0.15, 0.2) is 5.78 Å². The van der Waals surface area contributed by atoms with Crippen molar-refractivity contribution in [2.24, 2.45) is 5.92 Å². The molecule has 0 saturated carbocycles. The molecule has 2 heterocycles. The minimum atomic E-state index is -1.72. The number of unbranched alkanes of at least 4 members (excludes halogenated alkanes) is 1. The number of benzene rings is 6. The van der Waals surface area contributed by atoms with Gasteiger partial charge in [0.1, 0.15) is 29.8 Å². The number of ketones is 1. The van der Waals surface area contributed by atoms with Crippen LogP contribution in [-0.4, -0.2) is 209 Å². The Bertz CT molecular complexity index is 3830. The third kappa shape index (κ3) is 25.9. The topological polar surface area (TPSA) is 309 Å². The van der Waals surface area contributed by atoms with E-state index in [2.05, 4.69) is 143 Å². The highest BCUT2D eigenvalue weighted by Gasteiger charge is 2.40. The van der Waals surface area contributed by atoms with Crippen molar-refractivity contribution < 1.29 is 58.4 Å². The summed E-state index contributed by atoms with van der Waals surface area (Å²) in [7, 11) is 2.19. The van der Waals surface area contributed by atoms with Crippen LogP contribution in [0, 0.1) is 5.92 Å². The number of Topliss-reactive ketones (excluding diaryl/α,β-unsaturated/α-hetero) is 1. The Morgan fingerprint density at radius 2 is 1.18 bits per heavy atom. The molecule has 6 aromatic carbocycles. The summed E-state index contributed by atoms with van der Waals surface area (Å²) in [5.74, 6) is -5.59. The number of fused-ring (bicyclic) bond motifs is 1. The number of hydrogen-bond acceptors (Lipinski definition) is 18. The quantitative estimate of drug-likeness (QED) is 0.0118. The Kier molecular flexibility index (Phi) is 33.2. The molecule has 0 spiro atoms. The number of hydrogen-bond donors (Lipinski definition) is 11. The first-order valence-electron chi connectivity index (χ1n) is 37.9. The smallest absolute Gasteiger partial charge is 0.407 e. The molecule has 584 valence electrons. The Morgan fingerprint density at radius 1 is 0.624 bits per heavy atom. The van der Waals surface area contributed by atoms with Crippen LogP contribution in [0.2, 0.25) is 0 Å². The number of nitrogens with zero attached hydrogens (tertiary/aromatic N) is 2. The molecule has 0 radical (unpaired) electrons. The lowest BCUT2D eigenvalue weighted by Gasteiger charge is -2.37. The van der Waals surface area contributed by atoms with E-state index in [4.69, 9.17) is 4.74 Å². The number of piperazine rings is 1. The predicted molar refractivity (Wildman–Crippen MR) is 432 cm³/mol. The number of carbonyl (C=O) groups is 8. The first kappa shape index (κ1) is 84.6. The van der Waals surface area contributed by atoms with Gasteiger partial charge in [0.05, 0.1) is 41.7 Å². The number of amides is 7. The number of aliphatic hydroxyl groups excluding tert-OH is 3. The number of rotatable bonds is 30. The number of thioether (sulfide) groups is 1. The lowest BCUT2D eigenvalue weighted by Crippen LogP contribution is -2.61. The second kappa shape index (κ2) is 42.7. The molecule has 0 unspecified atom stereocenters. The number of nitrogens with one attached hydrogen (secondary N) is 8. The fraction of sp³-hybridized carbons (Fsp3) is 0.452. The summed E-state index contributed by atoms with van der Waals surface area (Å²) in [5, 5.41) is 55.1. The molecule has 3 aliphatic rings. The van der Waals surface area contributed by atoms with Gasteiger partial charge in [0, 0.05) is 76.1 Å². The zero-order chi connectivity index (χ0) is 77.7. The Morgan fingerprint density at radius 3 is 1.78 bits per heavy atom. The number of aliphatic hydroxyl groups is 3. The molecule has 22 nitrogen and oxygen atoms in total. The molecule has 25 heteroatoms. The highest BCUT2D eigenvalue weighted by atomic mass is 33.1. The van der Waals surface area contributed by atoms with Crippen LogP contribution in [0.3, 0.4) is 0 Å². The second-order valence-corrected chi connectivity index (χ2v) is 33.1. The van der Waals surface area contributed by atoms with Crippen LogP contribution in [0.25, 0.3) is 5.57 Å². The van der Waals surface area contributed by atoms with Crippen LogP contribution in [0.1, 0.15) is 112 Å². The van der Waals surface area contributed by atoms with Crippen molar-refractivity contribution in [3.8, 4) is 0 Å². The van der Waals surface area contributed by atoms with Gasteiger partial charge in [-0.3, -0.25) is 38.5 Å². The highest BCUT2D eigenvalue weighted by Crippen LogP contribution is 2.48. The standard InChI is InChI=1S/C84H108N10O12S3/c1-57(96)71(54-95)89-80(103)73-56-109-108-55-72(90-78(101)69(51-60-28-13-7-14-29-60)85-42-44-94-47-45-93(46-48-94)43-25-49-107-84(64-31-15-8-16-32-64,65-33-17-9-18-34-65)66-35-19-10-20-36-66)74(98)53-63(50-59-26-11-6-12-27-59)76(99)88-70(52-62-40-39-61-30-21-22-37-67(61)62)79(102)87-68(77(100)92-75(58(2)97)81(104)91-73)38-23-24-41-86-82(105)106-83(3,4)5/h6-22,26-37,40,57-58,63,68-73,75,85,95-97H,23-25,38-39,41-56H2,1-5H3,(H,86,105)(H,87,102)(H,88,99)(H,89,103)(H,90,101)(H,91,104)(H,92,100)/t57-,58-,63-,68+,69-,70-,71-,72+,73+,75+/m1/s1. The molecule has 0 bridgehead atoms. The van der Waals surface area contributed by atoms with Crippen molar-refractivity contribution in [1.29, 1.82) is 0 Å². The van der Waals surface area contributed by atoms with Crippen LogP contribution in [0.5, 0.6) is 0 Å². The van der Waals surface area contributed by atoms with Gasteiger partial charge in [-0.05, 0) is 136 Å². The van der Waals surface area contributed by atoms with E-state index in [1.54, 1.807) is 20.8 Å². The Balaban J connectivity index is 0.951. The number of carbonyl (C=O) groups excluding carboxylic acids is 8. The summed E-state index contributed by atoms with van der Waals surface area (Å²) in [5.41, 5.74) is 7.17. The minimum absolute atomic E-state index is 0.0385. The molecule has 2 aliphatic heterocycles. The van der Waals surface area contributed by atoms with Crippen LogP contribution < -0.4 is 42.5 Å². The second-order valence-electron chi connectivity index (χ2n) is 29.2. The molecule has 9 rings (SSSR count). The summed E-state index contributed by atoms with van der Waals surface area (Å²) in [4.78, 5) is 123. The molecule has 2 fully saturated rings. The molecule has 7 amide bonds. The van der Waals surface area contributed by atoms with Crippen LogP contribution in [0.15, 0.2) is 182 Å². The van der Waals surface area contributed by atoms with Gasteiger partial charge in [-0.25, -0.2) is 4.79 Å². The highest BCUT2D eigenvalue weighted by molar-refractivity contribution is 8.76. The molecule has 109 heavy (non-hydrogen) atoms. The van der Waals surface area contributed by atoms with Crippen molar-refractivity contribution in [2.75, 3.05) is 76.2 Å². The number of ether oxygens (including phenoxy) is 1. The molecule has 2 saturated heterocycles. The summed E-state index contributed by atoms with van der Waals surface area (Å²) >= 11 is 1.97. The number of alkyl carbamates (subject to hydrolysis) is 1. The maximum atomic E-state index is 15.5. The summed E-state index contributed by atoms with van der Waals surface area (Å²) in [6, 6.07) is 49.5. The van der Waals surface area contributed by atoms with Gasteiger partial charge in [-0.2, -0.15) is 0 Å². The third-order valence-electron chi connectivity index (χ3n) is 19.8. The summed E-state index contributed by atoms with van der Waals surface area (Å²) in [6.07, 6.45) is 0.411. The van der Waals surface area contributed by atoms with Gasteiger partial charge in [-0.15, -0.1) is 11.8 Å². The van der Waals surface area contributed by atoms with E-state index in [1.165, 1.54) is 30.5 Å².